The van der Waals surface area contributed by atoms with Crippen molar-refractivity contribution >= 4 is 5.78 Å². The van der Waals surface area contributed by atoms with Gasteiger partial charge in [0.05, 0.1) is 0 Å². The fraction of sp³-hybridized carbons (Fsp3) is 0.889. The summed E-state index contributed by atoms with van der Waals surface area (Å²) in [6, 6.07) is 0.435. The van der Waals surface area contributed by atoms with Crippen molar-refractivity contribution in [1.29, 1.82) is 0 Å². The fourth-order valence-electron chi connectivity index (χ4n) is 2.27. The number of hydrogen-bond donors (Lipinski definition) is 1. The monoisotopic (exact) mass is 168 g/mol. The zero-order chi connectivity index (χ0) is 8.55. The van der Waals surface area contributed by atoms with Gasteiger partial charge in [0.15, 0.2) is 0 Å². The number of likely N-dealkylation sites (tertiary alicyclic amines) is 1. The van der Waals surface area contributed by atoms with E-state index < -0.39 is 0 Å². The lowest BCUT2D eigenvalue weighted by Crippen LogP contribution is -2.55. The Morgan fingerprint density at radius 2 is 2.42 bits per heavy atom. The first-order chi connectivity index (χ1) is 5.77. The van der Waals surface area contributed by atoms with E-state index in [2.05, 4.69) is 17.3 Å². The summed E-state index contributed by atoms with van der Waals surface area (Å²) in [5.41, 5.74) is 0. The average molecular weight is 168 g/mol. The SMILES string of the molecule is CN1CCC2C(=O)CCNC2C1. The molecule has 2 atom stereocenters. The highest BCUT2D eigenvalue weighted by Gasteiger charge is 2.34. The van der Waals surface area contributed by atoms with E-state index in [4.69, 9.17) is 0 Å². The highest BCUT2D eigenvalue weighted by molar-refractivity contribution is 5.82. The summed E-state index contributed by atoms with van der Waals surface area (Å²) < 4.78 is 0. The van der Waals surface area contributed by atoms with Crippen LogP contribution in [0, 0.1) is 5.92 Å². The van der Waals surface area contributed by atoms with Crippen molar-refractivity contribution in [3.05, 3.63) is 0 Å². The average Bonchev–Trinajstić information content (AvgIpc) is 2.04. The molecule has 0 radical (unpaired) electrons. The third-order valence-corrected chi connectivity index (χ3v) is 3.01. The first kappa shape index (κ1) is 8.20. The maximum Gasteiger partial charge on any atom is 0.138 e. The zero-order valence-electron chi connectivity index (χ0n) is 7.55. The molecular weight excluding hydrogens is 152 g/mol. The predicted molar refractivity (Wildman–Crippen MR) is 47.0 cm³/mol. The molecule has 0 bridgehead atoms. The summed E-state index contributed by atoms with van der Waals surface area (Å²) in [6.45, 7) is 3.00. The number of ketones is 1. The molecule has 3 heteroatoms. The number of carbonyl (C=O) groups excluding carboxylic acids is 1. The molecule has 0 saturated carbocycles. The quantitative estimate of drug-likeness (QED) is 0.547. The number of hydrogen-bond acceptors (Lipinski definition) is 3. The van der Waals surface area contributed by atoms with Crippen molar-refractivity contribution in [2.75, 3.05) is 26.7 Å². The van der Waals surface area contributed by atoms with Gasteiger partial charge < -0.3 is 10.2 Å². The summed E-state index contributed by atoms with van der Waals surface area (Å²) in [5.74, 6) is 0.793. The first-order valence-corrected chi connectivity index (χ1v) is 4.72. The van der Waals surface area contributed by atoms with Crippen LogP contribution in [0.15, 0.2) is 0 Å². The van der Waals surface area contributed by atoms with Gasteiger partial charge in [-0.25, -0.2) is 0 Å². The third-order valence-electron chi connectivity index (χ3n) is 3.01. The van der Waals surface area contributed by atoms with Crippen LogP contribution >= 0.6 is 0 Å². The number of rotatable bonds is 0. The van der Waals surface area contributed by atoms with Gasteiger partial charge in [0.25, 0.3) is 0 Å². The van der Waals surface area contributed by atoms with E-state index in [1.54, 1.807) is 0 Å². The molecule has 1 N–H and O–H groups in total. The van der Waals surface area contributed by atoms with Crippen LogP contribution < -0.4 is 5.32 Å². The molecule has 0 aromatic heterocycles. The number of nitrogens with zero attached hydrogens (tertiary/aromatic N) is 1. The van der Waals surface area contributed by atoms with Crippen molar-refractivity contribution in [1.82, 2.24) is 10.2 Å². The van der Waals surface area contributed by atoms with Gasteiger partial charge in [-0.3, -0.25) is 4.79 Å². The Labute approximate surface area is 73.1 Å². The number of piperidine rings is 2. The van der Waals surface area contributed by atoms with Gasteiger partial charge in [-0.05, 0) is 20.0 Å². The number of carbonyl (C=O) groups is 1. The highest BCUT2D eigenvalue weighted by Crippen LogP contribution is 2.21. The van der Waals surface area contributed by atoms with Gasteiger partial charge >= 0.3 is 0 Å². The standard InChI is InChI=1S/C9H16N2O/c1-11-5-3-7-8(6-11)10-4-2-9(7)12/h7-8,10H,2-6H2,1H3. The third kappa shape index (κ3) is 1.39. The number of likely N-dealkylation sites (N-methyl/N-ethyl adjacent to an activating group) is 1. The van der Waals surface area contributed by atoms with E-state index in [0.717, 1.165) is 32.5 Å². The Hall–Kier alpha value is -0.410. The molecule has 3 nitrogen and oxygen atoms in total. The van der Waals surface area contributed by atoms with Crippen LogP contribution in [-0.2, 0) is 4.79 Å². The second kappa shape index (κ2) is 3.15. The second-order valence-corrected chi connectivity index (χ2v) is 3.93. The summed E-state index contributed by atoms with van der Waals surface area (Å²) in [7, 11) is 2.12. The Morgan fingerprint density at radius 1 is 1.58 bits per heavy atom. The molecule has 2 unspecified atom stereocenters. The van der Waals surface area contributed by atoms with Crippen LogP contribution in [0.2, 0.25) is 0 Å². The number of nitrogens with one attached hydrogen (secondary N) is 1. The van der Waals surface area contributed by atoms with Gasteiger partial charge in [0.1, 0.15) is 5.78 Å². The molecule has 2 aliphatic heterocycles. The van der Waals surface area contributed by atoms with Gasteiger partial charge in [-0.2, -0.15) is 0 Å². The van der Waals surface area contributed by atoms with E-state index in [1.807, 2.05) is 0 Å². The lowest BCUT2D eigenvalue weighted by atomic mass is 9.84. The summed E-state index contributed by atoms with van der Waals surface area (Å²) >= 11 is 0. The fourth-order valence-corrected chi connectivity index (χ4v) is 2.27. The van der Waals surface area contributed by atoms with Crippen molar-refractivity contribution in [3.63, 3.8) is 0 Å². The number of fused-ring (bicyclic) bond motifs is 1. The Morgan fingerprint density at radius 3 is 3.25 bits per heavy atom. The molecule has 2 saturated heterocycles. The number of Topliss-reactive ketones (excluding diaryl/α,β-unsaturated/α-hetero) is 1. The zero-order valence-corrected chi connectivity index (χ0v) is 7.55. The van der Waals surface area contributed by atoms with E-state index in [9.17, 15) is 4.79 Å². The first-order valence-electron chi connectivity index (χ1n) is 4.72. The van der Waals surface area contributed by atoms with Crippen molar-refractivity contribution in [3.8, 4) is 0 Å². The molecule has 0 spiro atoms. The molecule has 68 valence electrons. The van der Waals surface area contributed by atoms with Gasteiger partial charge in [0.2, 0.25) is 0 Å². The van der Waals surface area contributed by atoms with Crippen molar-refractivity contribution in [2.24, 2.45) is 5.92 Å². The van der Waals surface area contributed by atoms with Crippen LogP contribution in [0.1, 0.15) is 12.8 Å². The van der Waals surface area contributed by atoms with Gasteiger partial charge in [0, 0.05) is 31.5 Å². The molecule has 0 aliphatic carbocycles. The summed E-state index contributed by atoms with van der Waals surface area (Å²) in [5, 5.41) is 3.42. The van der Waals surface area contributed by atoms with E-state index in [-0.39, 0.29) is 0 Å². The molecule has 2 rings (SSSR count). The van der Waals surface area contributed by atoms with Gasteiger partial charge in [-0.1, -0.05) is 0 Å². The summed E-state index contributed by atoms with van der Waals surface area (Å²) in [4.78, 5) is 13.8. The normalized spacial score (nSPS) is 37.9. The Kier molecular flexibility index (Phi) is 2.15. The van der Waals surface area contributed by atoms with Crippen LogP contribution in [0.3, 0.4) is 0 Å². The topological polar surface area (TPSA) is 32.3 Å². The maximum atomic E-state index is 11.5. The van der Waals surface area contributed by atoms with Crippen LogP contribution in [0.25, 0.3) is 0 Å². The lowest BCUT2D eigenvalue weighted by molar-refractivity contribution is -0.126. The Balaban J connectivity index is 2.04. The van der Waals surface area contributed by atoms with Crippen molar-refractivity contribution < 1.29 is 4.79 Å². The molecule has 2 heterocycles. The minimum atomic E-state index is 0.315. The van der Waals surface area contributed by atoms with Gasteiger partial charge in [-0.15, -0.1) is 0 Å². The smallest absolute Gasteiger partial charge is 0.138 e. The maximum absolute atomic E-state index is 11.5. The van der Waals surface area contributed by atoms with Crippen LogP contribution in [0.5, 0.6) is 0 Å². The Bertz CT molecular complexity index is 193. The molecule has 2 aliphatic rings. The van der Waals surface area contributed by atoms with E-state index in [1.165, 1.54) is 0 Å². The minimum Gasteiger partial charge on any atom is -0.312 e. The predicted octanol–water partition coefficient (Wildman–Crippen LogP) is -0.131. The highest BCUT2D eigenvalue weighted by atomic mass is 16.1. The molecule has 0 amide bonds. The molecule has 12 heavy (non-hydrogen) atoms. The molecule has 2 fully saturated rings. The van der Waals surface area contributed by atoms with Crippen LogP contribution in [-0.4, -0.2) is 43.4 Å². The van der Waals surface area contributed by atoms with E-state index in [0.29, 0.717) is 17.7 Å². The lowest BCUT2D eigenvalue weighted by Gasteiger charge is -2.39. The summed E-state index contributed by atoms with van der Waals surface area (Å²) in [6.07, 6.45) is 1.79. The molecular formula is C9H16N2O. The molecule has 0 aromatic carbocycles. The van der Waals surface area contributed by atoms with Crippen molar-refractivity contribution in [2.45, 2.75) is 18.9 Å². The largest absolute Gasteiger partial charge is 0.312 e. The second-order valence-electron chi connectivity index (χ2n) is 3.93. The van der Waals surface area contributed by atoms with E-state index >= 15 is 0 Å². The van der Waals surface area contributed by atoms with Crippen LogP contribution in [0.4, 0.5) is 0 Å². The molecule has 0 aromatic rings. The minimum absolute atomic E-state index is 0.315.